The molecular formula is C9H12FN2O8P. The SMILES string of the molecule is C[C@@H]1O[C@H](n2cc(F)c(=O)[nH]c2=O)C(O)C1OP(=O)(O)O. The number of nitrogens with one attached hydrogen (secondary N) is 1. The highest BCUT2D eigenvalue weighted by Crippen LogP contribution is 2.43. The smallest absolute Gasteiger partial charge is 0.386 e. The lowest BCUT2D eigenvalue weighted by Crippen LogP contribution is -2.39. The summed E-state index contributed by atoms with van der Waals surface area (Å²) in [5.74, 6) is -1.28. The van der Waals surface area contributed by atoms with Gasteiger partial charge in [0.2, 0.25) is 5.82 Å². The molecule has 1 aliphatic rings. The minimum Gasteiger partial charge on any atom is -0.386 e. The lowest BCUT2D eigenvalue weighted by Gasteiger charge is -2.19. The van der Waals surface area contributed by atoms with Crippen molar-refractivity contribution < 1.29 is 33.1 Å². The predicted octanol–water partition coefficient (Wildman–Crippen LogP) is -1.57. The molecule has 1 aliphatic heterocycles. The fourth-order valence-electron chi connectivity index (χ4n) is 2.00. The van der Waals surface area contributed by atoms with E-state index in [0.29, 0.717) is 10.8 Å². The third-order valence-electron chi connectivity index (χ3n) is 2.90. The second-order valence-corrected chi connectivity index (χ2v) is 5.62. The fourth-order valence-corrected chi connectivity index (χ4v) is 2.62. The second kappa shape index (κ2) is 5.44. The molecule has 118 valence electrons. The monoisotopic (exact) mass is 326 g/mol. The van der Waals surface area contributed by atoms with Crippen molar-refractivity contribution >= 4 is 7.82 Å². The number of nitrogens with zero attached hydrogens (tertiary/aromatic N) is 1. The molecule has 2 unspecified atom stereocenters. The van der Waals surface area contributed by atoms with Crippen LogP contribution in [0.3, 0.4) is 0 Å². The molecular weight excluding hydrogens is 314 g/mol. The Kier molecular flexibility index (Phi) is 4.15. The van der Waals surface area contributed by atoms with Crippen LogP contribution < -0.4 is 11.2 Å². The first-order chi connectivity index (χ1) is 9.60. The van der Waals surface area contributed by atoms with Gasteiger partial charge in [0.1, 0.15) is 12.2 Å². The second-order valence-electron chi connectivity index (χ2n) is 4.43. The van der Waals surface area contributed by atoms with E-state index in [-0.39, 0.29) is 0 Å². The van der Waals surface area contributed by atoms with E-state index in [1.807, 2.05) is 0 Å². The molecule has 1 aromatic rings. The zero-order valence-corrected chi connectivity index (χ0v) is 11.4. The van der Waals surface area contributed by atoms with Crippen molar-refractivity contribution in [3.05, 3.63) is 32.9 Å². The fraction of sp³-hybridized carbons (Fsp3) is 0.556. The molecule has 0 bridgehead atoms. The van der Waals surface area contributed by atoms with E-state index in [1.54, 1.807) is 4.98 Å². The van der Waals surface area contributed by atoms with E-state index < -0.39 is 49.4 Å². The lowest BCUT2D eigenvalue weighted by molar-refractivity contribution is -0.0356. The van der Waals surface area contributed by atoms with Crippen LogP contribution in [0.25, 0.3) is 0 Å². The summed E-state index contributed by atoms with van der Waals surface area (Å²) in [6.45, 7) is 1.34. The van der Waals surface area contributed by atoms with Gasteiger partial charge in [-0.2, -0.15) is 4.39 Å². The Morgan fingerprint density at radius 3 is 2.67 bits per heavy atom. The molecule has 0 spiro atoms. The number of ether oxygens (including phenoxy) is 1. The van der Waals surface area contributed by atoms with Gasteiger partial charge in [0.25, 0.3) is 5.56 Å². The first kappa shape index (κ1) is 16.0. The molecule has 1 aromatic heterocycles. The van der Waals surface area contributed by atoms with Gasteiger partial charge in [0.15, 0.2) is 6.23 Å². The minimum absolute atomic E-state index is 0.529. The van der Waals surface area contributed by atoms with Gasteiger partial charge in [-0.1, -0.05) is 0 Å². The quantitative estimate of drug-likeness (QED) is 0.486. The molecule has 0 amide bonds. The highest BCUT2D eigenvalue weighted by Gasteiger charge is 2.46. The number of phosphoric acid groups is 1. The summed E-state index contributed by atoms with van der Waals surface area (Å²) in [5, 5.41) is 9.95. The van der Waals surface area contributed by atoms with Crippen LogP contribution in [-0.2, 0) is 13.8 Å². The molecule has 0 aromatic carbocycles. The van der Waals surface area contributed by atoms with Crippen LogP contribution in [-0.4, -0.2) is 42.8 Å². The average molecular weight is 326 g/mol. The van der Waals surface area contributed by atoms with E-state index in [4.69, 9.17) is 14.5 Å². The van der Waals surface area contributed by atoms with E-state index in [9.17, 15) is 23.7 Å². The van der Waals surface area contributed by atoms with Gasteiger partial charge in [-0.15, -0.1) is 0 Å². The van der Waals surface area contributed by atoms with Gasteiger partial charge >= 0.3 is 13.5 Å². The number of aromatic nitrogens is 2. The molecule has 2 rings (SSSR count). The van der Waals surface area contributed by atoms with Crippen molar-refractivity contribution in [2.45, 2.75) is 31.5 Å². The van der Waals surface area contributed by atoms with E-state index in [1.165, 1.54) is 6.92 Å². The third-order valence-corrected chi connectivity index (χ3v) is 3.42. The number of aromatic amines is 1. The summed E-state index contributed by atoms with van der Waals surface area (Å²) in [7, 11) is -4.90. The molecule has 12 heteroatoms. The summed E-state index contributed by atoms with van der Waals surface area (Å²) < 4.78 is 34.1. The van der Waals surface area contributed by atoms with Gasteiger partial charge < -0.3 is 19.6 Å². The molecule has 4 N–H and O–H groups in total. The van der Waals surface area contributed by atoms with Crippen molar-refractivity contribution in [1.82, 2.24) is 9.55 Å². The summed E-state index contributed by atoms with van der Waals surface area (Å²) in [6.07, 6.45) is -5.01. The Morgan fingerprint density at radius 2 is 2.10 bits per heavy atom. The van der Waals surface area contributed by atoms with Crippen LogP contribution in [0.1, 0.15) is 13.2 Å². The van der Waals surface area contributed by atoms with Gasteiger partial charge in [-0.3, -0.25) is 18.9 Å². The Balaban J connectivity index is 2.35. The number of phosphoric ester groups is 1. The number of aliphatic hydroxyl groups excluding tert-OH is 1. The minimum atomic E-state index is -4.90. The molecule has 1 saturated heterocycles. The van der Waals surface area contributed by atoms with Crippen LogP contribution in [0.15, 0.2) is 15.8 Å². The van der Waals surface area contributed by atoms with E-state index in [0.717, 1.165) is 0 Å². The maximum atomic E-state index is 13.2. The van der Waals surface area contributed by atoms with Gasteiger partial charge in [-0.05, 0) is 6.92 Å². The van der Waals surface area contributed by atoms with E-state index in [2.05, 4.69) is 4.52 Å². The normalized spacial score (nSPS) is 29.8. The molecule has 4 atom stereocenters. The van der Waals surface area contributed by atoms with E-state index >= 15 is 0 Å². The summed E-state index contributed by atoms with van der Waals surface area (Å²) in [6, 6.07) is 0. The first-order valence-electron chi connectivity index (χ1n) is 5.68. The van der Waals surface area contributed by atoms with Crippen LogP contribution >= 0.6 is 7.82 Å². The maximum Gasteiger partial charge on any atom is 0.470 e. The number of aliphatic hydroxyl groups is 1. The zero-order valence-electron chi connectivity index (χ0n) is 10.5. The number of rotatable bonds is 3. The third kappa shape index (κ3) is 3.28. The number of hydrogen-bond donors (Lipinski definition) is 4. The molecule has 0 saturated carbocycles. The van der Waals surface area contributed by atoms with Gasteiger partial charge in [0, 0.05) is 0 Å². The van der Waals surface area contributed by atoms with Gasteiger partial charge in [0.05, 0.1) is 12.3 Å². The summed E-state index contributed by atoms with van der Waals surface area (Å²) >= 11 is 0. The van der Waals surface area contributed by atoms with Crippen molar-refractivity contribution in [2.75, 3.05) is 0 Å². The van der Waals surface area contributed by atoms with Crippen LogP contribution in [0.2, 0.25) is 0 Å². The van der Waals surface area contributed by atoms with Gasteiger partial charge in [-0.25, -0.2) is 9.36 Å². The number of hydrogen-bond acceptors (Lipinski definition) is 6. The van der Waals surface area contributed by atoms with Crippen molar-refractivity contribution in [1.29, 1.82) is 0 Å². The largest absolute Gasteiger partial charge is 0.470 e. The standard InChI is InChI=1S/C9H12FN2O8P/c1-3-6(20-21(16,17)18)5(13)8(19-3)12-2-4(10)7(14)11-9(12)15/h2-3,5-6,8,13H,1H3,(H,11,14,15)(H2,16,17,18)/t3-,5?,6?,8-/m0/s1. The Labute approximate surface area is 116 Å². The van der Waals surface area contributed by atoms with Crippen LogP contribution in [0.4, 0.5) is 4.39 Å². The molecule has 0 radical (unpaired) electrons. The predicted molar refractivity (Wildman–Crippen MR) is 63.8 cm³/mol. The highest BCUT2D eigenvalue weighted by molar-refractivity contribution is 7.46. The average Bonchev–Trinajstić information content (AvgIpc) is 2.60. The van der Waals surface area contributed by atoms with Crippen molar-refractivity contribution in [3.63, 3.8) is 0 Å². The molecule has 1 fully saturated rings. The lowest BCUT2D eigenvalue weighted by atomic mass is 10.1. The van der Waals surface area contributed by atoms with Crippen molar-refractivity contribution in [2.24, 2.45) is 0 Å². The van der Waals surface area contributed by atoms with Crippen LogP contribution in [0.5, 0.6) is 0 Å². The molecule has 10 nitrogen and oxygen atoms in total. The first-order valence-corrected chi connectivity index (χ1v) is 7.21. The summed E-state index contributed by atoms with van der Waals surface area (Å²) in [5.41, 5.74) is -2.28. The zero-order chi connectivity index (χ0) is 15.9. The van der Waals surface area contributed by atoms with Crippen molar-refractivity contribution in [3.8, 4) is 0 Å². The molecule has 0 aliphatic carbocycles. The topological polar surface area (TPSA) is 151 Å². The Hall–Kier alpha value is -1.36. The Morgan fingerprint density at radius 1 is 1.48 bits per heavy atom. The molecule has 21 heavy (non-hydrogen) atoms. The number of halogens is 1. The maximum absolute atomic E-state index is 13.2. The number of H-pyrrole nitrogens is 1. The summed E-state index contributed by atoms with van der Waals surface area (Å²) in [4.78, 5) is 41.7. The molecule has 2 heterocycles. The van der Waals surface area contributed by atoms with Crippen LogP contribution in [0, 0.1) is 5.82 Å². The Bertz CT molecular complexity index is 696. The highest BCUT2D eigenvalue weighted by atomic mass is 31.2.